The zero-order valence-electron chi connectivity index (χ0n) is 15.6. The van der Waals surface area contributed by atoms with Gasteiger partial charge in [0, 0.05) is 32.4 Å². The quantitative estimate of drug-likeness (QED) is 0.285. The van der Waals surface area contributed by atoms with Crippen LogP contribution in [-0.4, -0.2) is 35.4 Å². The summed E-state index contributed by atoms with van der Waals surface area (Å²) in [5.41, 5.74) is 3.70. The van der Waals surface area contributed by atoms with Crippen LogP contribution in [0.4, 0.5) is 0 Å². The van der Waals surface area contributed by atoms with E-state index in [0.717, 1.165) is 24.6 Å². The van der Waals surface area contributed by atoms with E-state index in [1.54, 1.807) is 0 Å². The van der Waals surface area contributed by atoms with Gasteiger partial charge < -0.3 is 10.6 Å². The van der Waals surface area contributed by atoms with E-state index in [1.165, 1.54) is 36.9 Å². The van der Waals surface area contributed by atoms with Crippen LogP contribution in [0.1, 0.15) is 56.5 Å². The van der Waals surface area contributed by atoms with Crippen molar-refractivity contribution in [2.75, 3.05) is 13.6 Å². The van der Waals surface area contributed by atoms with Crippen molar-refractivity contribution < 1.29 is 0 Å². The predicted molar refractivity (Wildman–Crippen MR) is 110 cm³/mol. The van der Waals surface area contributed by atoms with Gasteiger partial charge in [-0.05, 0) is 39.2 Å². The van der Waals surface area contributed by atoms with Gasteiger partial charge in [0.2, 0.25) is 0 Å². The maximum atomic E-state index is 4.48. The summed E-state index contributed by atoms with van der Waals surface area (Å²) in [7, 11) is 3.83. The van der Waals surface area contributed by atoms with Crippen molar-refractivity contribution >= 4 is 29.9 Å². The van der Waals surface area contributed by atoms with Crippen LogP contribution in [0.3, 0.4) is 0 Å². The molecule has 0 amide bonds. The van der Waals surface area contributed by atoms with Crippen LogP contribution in [-0.2, 0) is 13.5 Å². The van der Waals surface area contributed by atoms with E-state index in [-0.39, 0.29) is 24.0 Å². The Balaban J connectivity index is 0.00000484. The standard InChI is InChI=1S/C17H33N5.HI/c1-7-8-9-10-11-19-17(18-5)20-13(2)12-16-14(3)21-22(6)15(16)4;/h13H,7-12H2,1-6H3,(H2,18,19,20);1H. The van der Waals surface area contributed by atoms with Crippen LogP contribution in [0.2, 0.25) is 0 Å². The average Bonchev–Trinajstić information content (AvgIpc) is 2.72. The topological polar surface area (TPSA) is 54.2 Å². The number of aromatic nitrogens is 2. The predicted octanol–water partition coefficient (Wildman–Crippen LogP) is 3.33. The minimum absolute atomic E-state index is 0. The summed E-state index contributed by atoms with van der Waals surface area (Å²) in [5, 5.41) is 11.4. The van der Waals surface area contributed by atoms with Gasteiger partial charge in [0.1, 0.15) is 0 Å². The smallest absolute Gasteiger partial charge is 0.191 e. The second-order valence-corrected chi connectivity index (χ2v) is 6.08. The molecule has 0 aromatic carbocycles. The third-order valence-electron chi connectivity index (χ3n) is 4.10. The molecule has 0 aliphatic carbocycles. The highest BCUT2D eigenvalue weighted by atomic mass is 127. The molecule has 0 saturated heterocycles. The van der Waals surface area contributed by atoms with E-state index >= 15 is 0 Å². The number of halogens is 1. The third kappa shape index (κ3) is 7.54. The summed E-state index contributed by atoms with van der Waals surface area (Å²) in [6.45, 7) is 9.61. The number of guanidine groups is 1. The SMILES string of the molecule is CCCCCCNC(=NC)NC(C)Cc1c(C)nn(C)c1C.I. The van der Waals surface area contributed by atoms with E-state index in [1.807, 2.05) is 18.8 Å². The molecule has 1 unspecified atom stereocenters. The monoisotopic (exact) mass is 435 g/mol. The number of aliphatic imine (C=N–C) groups is 1. The number of nitrogens with one attached hydrogen (secondary N) is 2. The molecule has 2 N–H and O–H groups in total. The summed E-state index contributed by atoms with van der Waals surface area (Å²) < 4.78 is 1.96. The molecular weight excluding hydrogens is 401 g/mol. The number of nitrogens with zero attached hydrogens (tertiary/aromatic N) is 3. The second kappa shape index (κ2) is 11.7. The minimum atomic E-state index is 0. The molecule has 6 heteroatoms. The van der Waals surface area contributed by atoms with Crippen LogP contribution >= 0.6 is 24.0 Å². The fourth-order valence-corrected chi connectivity index (χ4v) is 2.66. The van der Waals surface area contributed by atoms with Gasteiger partial charge in [-0.3, -0.25) is 9.67 Å². The molecule has 0 bridgehead atoms. The Bertz CT molecular complexity index is 482. The van der Waals surface area contributed by atoms with Gasteiger partial charge >= 0.3 is 0 Å². The minimum Gasteiger partial charge on any atom is -0.356 e. The van der Waals surface area contributed by atoms with Crippen LogP contribution in [0, 0.1) is 13.8 Å². The van der Waals surface area contributed by atoms with Crippen molar-refractivity contribution in [3.05, 3.63) is 17.0 Å². The highest BCUT2D eigenvalue weighted by Crippen LogP contribution is 2.14. The number of rotatable bonds is 8. The van der Waals surface area contributed by atoms with Gasteiger partial charge in [-0.2, -0.15) is 5.10 Å². The molecule has 1 aromatic heterocycles. The lowest BCUT2D eigenvalue weighted by atomic mass is 10.1. The lowest BCUT2D eigenvalue weighted by molar-refractivity contribution is 0.616. The van der Waals surface area contributed by atoms with Crippen molar-refractivity contribution in [1.82, 2.24) is 20.4 Å². The van der Waals surface area contributed by atoms with Gasteiger partial charge in [0.05, 0.1) is 5.69 Å². The average molecular weight is 435 g/mol. The Morgan fingerprint density at radius 2 is 1.96 bits per heavy atom. The molecule has 0 radical (unpaired) electrons. The Morgan fingerprint density at radius 3 is 2.48 bits per heavy atom. The molecular formula is C17H34IN5. The number of hydrogen-bond donors (Lipinski definition) is 2. The molecule has 0 aliphatic rings. The van der Waals surface area contributed by atoms with Crippen LogP contribution in [0.5, 0.6) is 0 Å². The van der Waals surface area contributed by atoms with Crippen molar-refractivity contribution in [2.24, 2.45) is 12.0 Å². The first-order chi connectivity index (χ1) is 10.5. The van der Waals surface area contributed by atoms with Gasteiger partial charge in [-0.15, -0.1) is 24.0 Å². The molecule has 1 heterocycles. The lowest BCUT2D eigenvalue weighted by Gasteiger charge is -2.18. The van der Waals surface area contributed by atoms with Gasteiger partial charge in [0.25, 0.3) is 0 Å². The molecule has 0 spiro atoms. The summed E-state index contributed by atoms with van der Waals surface area (Å²) in [4.78, 5) is 4.31. The van der Waals surface area contributed by atoms with E-state index in [0.29, 0.717) is 6.04 Å². The van der Waals surface area contributed by atoms with Crippen LogP contribution < -0.4 is 10.6 Å². The lowest BCUT2D eigenvalue weighted by Crippen LogP contribution is -2.43. The Morgan fingerprint density at radius 1 is 1.26 bits per heavy atom. The highest BCUT2D eigenvalue weighted by Gasteiger charge is 2.13. The molecule has 5 nitrogen and oxygen atoms in total. The fraction of sp³-hybridized carbons (Fsp3) is 0.765. The largest absolute Gasteiger partial charge is 0.356 e. The van der Waals surface area contributed by atoms with Crippen molar-refractivity contribution in [1.29, 1.82) is 0 Å². The van der Waals surface area contributed by atoms with Crippen molar-refractivity contribution in [3.63, 3.8) is 0 Å². The molecule has 1 atom stereocenters. The van der Waals surface area contributed by atoms with E-state index in [4.69, 9.17) is 0 Å². The molecule has 0 aliphatic heterocycles. The second-order valence-electron chi connectivity index (χ2n) is 6.08. The summed E-state index contributed by atoms with van der Waals surface area (Å²) in [6, 6.07) is 0.323. The van der Waals surface area contributed by atoms with Crippen molar-refractivity contribution in [3.8, 4) is 0 Å². The molecule has 0 fully saturated rings. The summed E-state index contributed by atoms with van der Waals surface area (Å²) in [6.07, 6.45) is 6.02. The Labute approximate surface area is 158 Å². The van der Waals surface area contributed by atoms with Gasteiger partial charge in [0.15, 0.2) is 5.96 Å². The fourth-order valence-electron chi connectivity index (χ4n) is 2.66. The molecule has 1 rings (SSSR count). The van der Waals surface area contributed by atoms with Crippen molar-refractivity contribution in [2.45, 2.75) is 65.8 Å². The molecule has 1 aromatic rings. The van der Waals surface area contributed by atoms with E-state index in [9.17, 15) is 0 Å². The first-order valence-electron chi connectivity index (χ1n) is 8.45. The molecule has 0 saturated carbocycles. The molecule has 23 heavy (non-hydrogen) atoms. The first-order valence-corrected chi connectivity index (χ1v) is 8.45. The summed E-state index contributed by atoms with van der Waals surface area (Å²) >= 11 is 0. The summed E-state index contributed by atoms with van der Waals surface area (Å²) in [5.74, 6) is 0.892. The number of unbranched alkanes of at least 4 members (excludes halogenated alkanes) is 3. The van der Waals surface area contributed by atoms with Crippen LogP contribution in [0.25, 0.3) is 0 Å². The Kier molecular flexibility index (Phi) is 11.3. The molecule has 134 valence electrons. The third-order valence-corrected chi connectivity index (χ3v) is 4.10. The van der Waals surface area contributed by atoms with E-state index < -0.39 is 0 Å². The zero-order chi connectivity index (χ0) is 16.5. The zero-order valence-corrected chi connectivity index (χ0v) is 17.9. The Hall–Kier alpha value is -0.790. The van der Waals surface area contributed by atoms with E-state index in [2.05, 4.69) is 48.4 Å². The number of hydrogen-bond acceptors (Lipinski definition) is 2. The maximum Gasteiger partial charge on any atom is 0.191 e. The van der Waals surface area contributed by atoms with Crippen LogP contribution in [0.15, 0.2) is 4.99 Å². The van der Waals surface area contributed by atoms with Gasteiger partial charge in [-0.25, -0.2) is 0 Å². The maximum absolute atomic E-state index is 4.48. The normalized spacial score (nSPS) is 12.7. The number of aryl methyl sites for hydroxylation is 2. The first kappa shape index (κ1) is 22.2. The van der Waals surface area contributed by atoms with Gasteiger partial charge in [-0.1, -0.05) is 26.2 Å². The highest BCUT2D eigenvalue weighted by molar-refractivity contribution is 14.0.